The molecule has 166 valence electrons. The van der Waals surface area contributed by atoms with Gasteiger partial charge in [-0.05, 0) is 36.1 Å². The molecule has 0 aliphatic carbocycles. The Morgan fingerprint density at radius 2 is 1.71 bits per heavy atom. The van der Waals surface area contributed by atoms with Crippen LogP contribution in [0.3, 0.4) is 0 Å². The minimum Gasteiger partial charge on any atom is -0.497 e. The van der Waals surface area contributed by atoms with Gasteiger partial charge in [-0.15, -0.1) is 0 Å². The molecule has 1 amide bonds. The average Bonchev–Trinajstić information content (AvgIpc) is 2.80. The van der Waals surface area contributed by atoms with Crippen LogP contribution in [0.4, 0.5) is 0 Å². The van der Waals surface area contributed by atoms with Gasteiger partial charge in [0.05, 0.1) is 13.5 Å². The van der Waals surface area contributed by atoms with E-state index in [0.717, 1.165) is 18.4 Å². The Kier molecular flexibility index (Phi) is 10.3. The lowest BCUT2D eigenvalue weighted by atomic mass is 10.0. The highest BCUT2D eigenvalue weighted by atomic mass is 16.5. The highest BCUT2D eigenvalue weighted by Gasteiger charge is 2.12. The van der Waals surface area contributed by atoms with E-state index in [4.69, 9.17) is 9.47 Å². The van der Waals surface area contributed by atoms with Gasteiger partial charge in [0.25, 0.3) is 5.91 Å². The monoisotopic (exact) mass is 425 g/mol. The molecule has 0 bridgehead atoms. The van der Waals surface area contributed by atoms with Crippen molar-refractivity contribution in [3.63, 3.8) is 0 Å². The molecule has 0 aromatic heterocycles. The Labute approximate surface area is 183 Å². The number of carbonyl (C=O) groups excluding carboxylic acids is 3. The number of benzene rings is 2. The first-order valence-corrected chi connectivity index (χ1v) is 10.7. The smallest absolute Gasteiger partial charge is 0.306 e. The van der Waals surface area contributed by atoms with Crippen molar-refractivity contribution in [2.75, 3.05) is 13.7 Å². The predicted molar refractivity (Wildman–Crippen MR) is 119 cm³/mol. The van der Waals surface area contributed by atoms with Crippen molar-refractivity contribution < 1.29 is 23.9 Å². The van der Waals surface area contributed by atoms with Crippen molar-refractivity contribution in [2.24, 2.45) is 0 Å². The molecular formula is C25H31NO5. The molecule has 0 saturated carbocycles. The van der Waals surface area contributed by atoms with Gasteiger partial charge in [-0.2, -0.15) is 0 Å². The second kappa shape index (κ2) is 13.2. The van der Waals surface area contributed by atoms with Gasteiger partial charge in [-0.25, -0.2) is 0 Å². The molecule has 31 heavy (non-hydrogen) atoms. The molecule has 6 heteroatoms. The summed E-state index contributed by atoms with van der Waals surface area (Å²) in [7, 11) is 1.57. The minimum absolute atomic E-state index is 0.0550. The van der Waals surface area contributed by atoms with Crippen LogP contribution in [-0.2, 0) is 27.3 Å². The minimum atomic E-state index is -0.568. The predicted octanol–water partition coefficient (Wildman–Crippen LogP) is 4.25. The number of carbonyl (C=O) groups is 3. The number of unbranched alkanes of at least 4 members (excludes halogenated alkanes) is 2. The van der Waals surface area contributed by atoms with Crippen molar-refractivity contribution >= 4 is 17.7 Å². The maximum Gasteiger partial charge on any atom is 0.306 e. The van der Waals surface area contributed by atoms with E-state index in [1.807, 2.05) is 36.4 Å². The van der Waals surface area contributed by atoms with E-state index >= 15 is 0 Å². The fourth-order valence-corrected chi connectivity index (χ4v) is 3.05. The Balaban J connectivity index is 1.66. The van der Waals surface area contributed by atoms with Gasteiger partial charge in [0, 0.05) is 18.5 Å². The van der Waals surface area contributed by atoms with Gasteiger partial charge in [0.15, 0.2) is 12.4 Å². The van der Waals surface area contributed by atoms with E-state index in [1.54, 1.807) is 19.2 Å². The number of Topliss-reactive ketones (excluding diaryl/α,β-unsaturated/α-hetero) is 1. The third kappa shape index (κ3) is 9.03. The largest absolute Gasteiger partial charge is 0.497 e. The van der Waals surface area contributed by atoms with Crippen LogP contribution in [0, 0.1) is 0 Å². The zero-order valence-corrected chi connectivity index (χ0v) is 18.3. The molecule has 0 radical (unpaired) electrons. The molecule has 0 atom stereocenters. The van der Waals surface area contributed by atoms with Crippen LogP contribution in [0.2, 0.25) is 0 Å². The fourth-order valence-electron chi connectivity index (χ4n) is 3.05. The van der Waals surface area contributed by atoms with Crippen LogP contribution in [0.5, 0.6) is 5.75 Å². The van der Waals surface area contributed by atoms with Gasteiger partial charge >= 0.3 is 5.97 Å². The first-order chi connectivity index (χ1) is 15.0. The van der Waals surface area contributed by atoms with Crippen LogP contribution in [0.25, 0.3) is 0 Å². The molecule has 2 aromatic carbocycles. The van der Waals surface area contributed by atoms with Crippen LogP contribution >= 0.6 is 0 Å². The van der Waals surface area contributed by atoms with Crippen molar-refractivity contribution in [1.29, 1.82) is 0 Å². The molecule has 0 heterocycles. The molecule has 0 spiro atoms. The zero-order chi connectivity index (χ0) is 22.5. The number of ether oxygens (including phenoxy) is 2. The lowest BCUT2D eigenvalue weighted by Gasteiger charge is -2.08. The Morgan fingerprint density at radius 3 is 2.42 bits per heavy atom. The Morgan fingerprint density at radius 1 is 0.935 bits per heavy atom. The molecule has 0 unspecified atom stereocenters. The Bertz CT molecular complexity index is 860. The van der Waals surface area contributed by atoms with Gasteiger partial charge in [-0.1, -0.05) is 56.2 Å². The van der Waals surface area contributed by atoms with Crippen LogP contribution < -0.4 is 10.1 Å². The standard InChI is InChI=1S/C25H31NO5/c1-3-4-5-7-19-10-12-21(13-11-19)23(27)14-15-25(29)31-18-24(28)26-17-20-8-6-9-22(16-20)30-2/h6,8-13,16H,3-5,7,14-15,17-18H2,1-2H3,(H,26,28). The highest BCUT2D eigenvalue weighted by molar-refractivity contribution is 5.97. The SMILES string of the molecule is CCCCCc1ccc(C(=O)CCC(=O)OCC(=O)NCc2cccc(OC)c2)cc1. The average molecular weight is 426 g/mol. The summed E-state index contributed by atoms with van der Waals surface area (Å²) in [4.78, 5) is 36.0. The Hall–Kier alpha value is -3.15. The van der Waals surface area contributed by atoms with Gasteiger partial charge in [-0.3, -0.25) is 14.4 Å². The maximum atomic E-state index is 12.3. The number of amides is 1. The number of ketones is 1. The summed E-state index contributed by atoms with van der Waals surface area (Å²) in [6.45, 7) is 2.10. The van der Waals surface area contributed by atoms with E-state index in [0.29, 0.717) is 17.9 Å². The summed E-state index contributed by atoms with van der Waals surface area (Å²) in [6, 6.07) is 14.9. The molecular weight excluding hydrogens is 394 g/mol. The lowest BCUT2D eigenvalue weighted by molar-refractivity contribution is -0.148. The second-order valence-corrected chi connectivity index (χ2v) is 7.37. The fraction of sp³-hybridized carbons (Fsp3) is 0.400. The molecule has 0 fully saturated rings. The maximum absolute atomic E-state index is 12.3. The van der Waals surface area contributed by atoms with Gasteiger partial charge in [0.2, 0.25) is 0 Å². The first kappa shape index (κ1) is 24.1. The topological polar surface area (TPSA) is 81.7 Å². The summed E-state index contributed by atoms with van der Waals surface area (Å²) >= 11 is 0. The number of hydrogen-bond donors (Lipinski definition) is 1. The van der Waals surface area contributed by atoms with E-state index in [1.165, 1.54) is 18.4 Å². The summed E-state index contributed by atoms with van der Waals surface area (Å²) in [5, 5.41) is 2.68. The van der Waals surface area contributed by atoms with Crippen molar-refractivity contribution in [3.8, 4) is 5.75 Å². The molecule has 2 rings (SSSR count). The number of aryl methyl sites for hydroxylation is 1. The van der Waals surface area contributed by atoms with E-state index in [2.05, 4.69) is 12.2 Å². The van der Waals surface area contributed by atoms with Crippen LogP contribution in [0.1, 0.15) is 60.5 Å². The van der Waals surface area contributed by atoms with Gasteiger partial charge < -0.3 is 14.8 Å². The molecule has 0 aliphatic rings. The molecule has 1 N–H and O–H groups in total. The summed E-state index contributed by atoms with van der Waals surface area (Å²) < 4.78 is 10.1. The molecule has 6 nitrogen and oxygen atoms in total. The normalized spacial score (nSPS) is 10.4. The first-order valence-electron chi connectivity index (χ1n) is 10.7. The quantitative estimate of drug-likeness (QED) is 0.295. The van der Waals surface area contributed by atoms with Crippen LogP contribution in [-0.4, -0.2) is 31.4 Å². The van der Waals surface area contributed by atoms with E-state index in [9.17, 15) is 14.4 Å². The molecule has 0 aliphatic heterocycles. The van der Waals surface area contributed by atoms with Crippen molar-refractivity contribution in [3.05, 3.63) is 65.2 Å². The zero-order valence-electron chi connectivity index (χ0n) is 18.3. The highest BCUT2D eigenvalue weighted by Crippen LogP contribution is 2.13. The van der Waals surface area contributed by atoms with E-state index < -0.39 is 11.9 Å². The number of esters is 1. The number of nitrogens with one attached hydrogen (secondary N) is 1. The van der Waals surface area contributed by atoms with Crippen molar-refractivity contribution in [2.45, 2.75) is 52.0 Å². The third-order valence-electron chi connectivity index (χ3n) is 4.89. The summed E-state index contributed by atoms with van der Waals surface area (Å²) in [5.41, 5.74) is 2.67. The molecule has 0 saturated heterocycles. The van der Waals surface area contributed by atoms with E-state index in [-0.39, 0.29) is 25.2 Å². The van der Waals surface area contributed by atoms with Crippen LogP contribution in [0.15, 0.2) is 48.5 Å². The van der Waals surface area contributed by atoms with Crippen molar-refractivity contribution in [1.82, 2.24) is 5.32 Å². The number of rotatable bonds is 13. The molecule has 2 aromatic rings. The summed E-state index contributed by atoms with van der Waals surface area (Å²) in [6.07, 6.45) is 4.52. The third-order valence-corrected chi connectivity index (χ3v) is 4.89. The summed E-state index contributed by atoms with van der Waals surface area (Å²) in [5.74, 6) is -0.379. The second-order valence-electron chi connectivity index (χ2n) is 7.37. The lowest BCUT2D eigenvalue weighted by Crippen LogP contribution is -2.28. The number of methoxy groups -OCH3 is 1. The van der Waals surface area contributed by atoms with Gasteiger partial charge in [0.1, 0.15) is 5.75 Å². The number of hydrogen-bond acceptors (Lipinski definition) is 5.